The van der Waals surface area contributed by atoms with Crippen LogP contribution in [0, 0.1) is 5.82 Å². The second kappa shape index (κ2) is 8.13. The third-order valence-corrected chi connectivity index (χ3v) is 4.98. The van der Waals surface area contributed by atoms with Gasteiger partial charge in [-0.05, 0) is 36.1 Å². The fourth-order valence-electron chi connectivity index (χ4n) is 3.33. The SMILES string of the molecule is O=C(Cc1ccc(F)cc1)NCCNC(=O)C1(c2ccccc2)CCC1. The van der Waals surface area contributed by atoms with E-state index in [1.165, 1.54) is 12.1 Å². The molecular formula is C21H23FN2O2. The highest BCUT2D eigenvalue weighted by molar-refractivity contribution is 5.89. The highest BCUT2D eigenvalue weighted by Gasteiger charge is 2.45. The zero-order valence-corrected chi connectivity index (χ0v) is 14.6. The Morgan fingerprint density at radius 3 is 2.19 bits per heavy atom. The first kappa shape index (κ1) is 18.1. The standard InChI is InChI=1S/C21H23FN2O2/c22-18-9-7-16(8-10-18)15-19(25)23-13-14-24-20(26)21(11-4-12-21)17-5-2-1-3-6-17/h1-3,5-10H,4,11-15H2,(H,23,25)(H,24,26). The van der Waals surface area contributed by atoms with E-state index in [1.54, 1.807) is 12.1 Å². The third kappa shape index (κ3) is 4.10. The fraction of sp³-hybridized carbons (Fsp3) is 0.333. The largest absolute Gasteiger partial charge is 0.354 e. The summed E-state index contributed by atoms with van der Waals surface area (Å²) < 4.78 is 12.9. The number of hydrogen-bond acceptors (Lipinski definition) is 2. The molecule has 136 valence electrons. The molecule has 0 atom stereocenters. The van der Waals surface area contributed by atoms with Gasteiger partial charge in [0.05, 0.1) is 11.8 Å². The Morgan fingerprint density at radius 2 is 1.58 bits per heavy atom. The quantitative estimate of drug-likeness (QED) is 0.751. The number of nitrogens with one attached hydrogen (secondary N) is 2. The zero-order valence-electron chi connectivity index (χ0n) is 14.6. The van der Waals surface area contributed by atoms with Gasteiger partial charge in [-0.2, -0.15) is 0 Å². The predicted octanol–water partition coefficient (Wildman–Crippen LogP) is 2.72. The van der Waals surface area contributed by atoms with Crippen molar-refractivity contribution in [2.24, 2.45) is 0 Å². The maximum atomic E-state index is 12.9. The lowest BCUT2D eigenvalue weighted by atomic mass is 9.64. The van der Waals surface area contributed by atoms with Gasteiger partial charge in [-0.15, -0.1) is 0 Å². The second-order valence-electron chi connectivity index (χ2n) is 6.71. The lowest BCUT2D eigenvalue weighted by Gasteiger charge is -2.40. The Bertz CT molecular complexity index is 755. The monoisotopic (exact) mass is 354 g/mol. The molecule has 0 unspecified atom stereocenters. The summed E-state index contributed by atoms with van der Waals surface area (Å²) in [6.07, 6.45) is 2.97. The van der Waals surface area contributed by atoms with Crippen LogP contribution in [0.1, 0.15) is 30.4 Å². The van der Waals surface area contributed by atoms with Gasteiger partial charge in [-0.3, -0.25) is 9.59 Å². The van der Waals surface area contributed by atoms with Gasteiger partial charge in [0.15, 0.2) is 0 Å². The molecule has 0 saturated heterocycles. The van der Waals surface area contributed by atoms with Crippen LogP contribution in [0.2, 0.25) is 0 Å². The van der Waals surface area contributed by atoms with Crippen LogP contribution in [0.5, 0.6) is 0 Å². The van der Waals surface area contributed by atoms with Gasteiger partial charge in [0.2, 0.25) is 11.8 Å². The van der Waals surface area contributed by atoms with E-state index in [1.807, 2.05) is 30.3 Å². The highest BCUT2D eigenvalue weighted by atomic mass is 19.1. The first-order valence-corrected chi connectivity index (χ1v) is 8.95. The molecule has 2 aromatic rings. The topological polar surface area (TPSA) is 58.2 Å². The number of carbonyl (C=O) groups excluding carboxylic acids is 2. The highest BCUT2D eigenvalue weighted by Crippen LogP contribution is 2.43. The van der Waals surface area contributed by atoms with E-state index in [0.717, 1.165) is 30.4 Å². The van der Waals surface area contributed by atoms with E-state index >= 15 is 0 Å². The van der Waals surface area contributed by atoms with Crippen LogP contribution in [-0.2, 0) is 21.4 Å². The summed E-state index contributed by atoms with van der Waals surface area (Å²) in [7, 11) is 0. The van der Waals surface area contributed by atoms with Gasteiger partial charge >= 0.3 is 0 Å². The van der Waals surface area contributed by atoms with E-state index in [0.29, 0.717) is 13.1 Å². The maximum absolute atomic E-state index is 12.9. The van der Waals surface area contributed by atoms with Crippen LogP contribution in [-0.4, -0.2) is 24.9 Å². The van der Waals surface area contributed by atoms with Crippen molar-refractivity contribution in [3.63, 3.8) is 0 Å². The molecule has 5 heteroatoms. The molecule has 1 aliphatic carbocycles. The summed E-state index contributed by atoms with van der Waals surface area (Å²) >= 11 is 0. The number of benzene rings is 2. The van der Waals surface area contributed by atoms with Crippen LogP contribution in [0.3, 0.4) is 0 Å². The smallest absolute Gasteiger partial charge is 0.230 e. The molecule has 1 fully saturated rings. The maximum Gasteiger partial charge on any atom is 0.230 e. The molecule has 2 amide bonds. The van der Waals surface area contributed by atoms with Crippen molar-refractivity contribution in [1.82, 2.24) is 10.6 Å². The van der Waals surface area contributed by atoms with E-state index < -0.39 is 5.41 Å². The Labute approximate surface area is 152 Å². The molecule has 0 bridgehead atoms. The zero-order chi connectivity index (χ0) is 18.4. The molecule has 3 rings (SSSR count). The number of halogens is 1. The van der Waals surface area contributed by atoms with E-state index in [2.05, 4.69) is 10.6 Å². The van der Waals surface area contributed by atoms with Crippen LogP contribution in [0.4, 0.5) is 4.39 Å². The molecule has 0 aromatic heterocycles. The van der Waals surface area contributed by atoms with Crippen LogP contribution < -0.4 is 10.6 Å². The summed E-state index contributed by atoms with van der Waals surface area (Å²) in [5, 5.41) is 5.73. The van der Waals surface area contributed by atoms with Crippen LogP contribution in [0.15, 0.2) is 54.6 Å². The molecule has 26 heavy (non-hydrogen) atoms. The normalized spacial score (nSPS) is 15.0. The average Bonchev–Trinajstić information content (AvgIpc) is 2.61. The molecule has 0 aliphatic heterocycles. The van der Waals surface area contributed by atoms with Crippen molar-refractivity contribution >= 4 is 11.8 Å². The van der Waals surface area contributed by atoms with E-state index in [9.17, 15) is 14.0 Å². The van der Waals surface area contributed by atoms with Gasteiger partial charge in [0, 0.05) is 13.1 Å². The third-order valence-electron chi connectivity index (χ3n) is 4.98. The van der Waals surface area contributed by atoms with Crippen LogP contribution in [0.25, 0.3) is 0 Å². The Balaban J connectivity index is 1.43. The van der Waals surface area contributed by atoms with Gasteiger partial charge in [-0.1, -0.05) is 48.9 Å². The molecule has 0 spiro atoms. The van der Waals surface area contributed by atoms with Crippen molar-refractivity contribution in [3.8, 4) is 0 Å². The summed E-state index contributed by atoms with van der Waals surface area (Å²) in [6, 6.07) is 15.7. The molecule has 0 radical (unpaired) electrons. The molecule has 1 aliphatic rings. The first-order valence-electron chi connectivity index (χ1n) is 8.95. The predicted molar refractivity (Wildman–Crippen MR) is 98.1 cm³/mol. The summed E-state index contributed by atoms with van der Waals surface area (Å²) in [4.78, 5) is 24.6. The van der Waals surface area contributed by atoms with Crippen molar-refractivity contribution < 1.29 is 14.0 Å². The van der Waals surface area contributed by atoms with Gasteiger partial charge in [0.1, 0.15) is 5.82 Å². The molecular weight excluding hydrogens is 331 g/mol. The van der Waals surface area contributed by atoms with Gasteiger partial charge < -0.3 is 10.6 Å². The lowest BCUT2D eigenvalue weighted by Crippen LogP contribution is -2.50. The summed E-state index contributed by atoms with van der Waals surface area (Å²) in [5.41, 5.74) is 1.40. The second-order valence-corrected chi connectivity index (χ2v) is 6.71. The Morgan fingerprint density at radius 1 is 0.923 bits per heavy atom. The van der Waals surface area contributed by atoms with Crippen LogP contribution >= 0.6 is 0 Å². The minimum absolute atomic E-state index is 0.0303. The number of rotatable bonds is 7. The Hall–Kier alpha value is -2.69. The summed E-state index contributed by atoms with van der Waals surface area (Å²) in [5.74, 6) is -0.435. The minimum atomic E-state index is -0.417. The number of amides is 2. The Kier molecular flexibility index (Phi) is 5.66. The van der Waals surface area contributed by atoms with Gasteiger partial charge in [0.25, 0.3) is 0 Å². The fourth-order valence-corrected chi connectivity index (χ4v) is 3.33. The molecule has 2 aromatic carbocycles. The number of hydrogen-bond donors (Lipinski definition) is 2. The van der Waals surface area contributed by atoms with Crippen molar-refractivity contribution in [1.29, 1.82) is 0 Å². The van der Waals surface area contributed by atoms with Crippen molar-refractivity contribution in [3.05, 3.63) is 71.5 Å². The van der Waals surface area contributed by atoms with E-state index in [-0.39, 0.29) is 24.1 Å². The van der Waals surface area contributed by atoms with E-state index in [4.69, 9.17) is 0 Å². The molecule has 2 N–H and O–H groups in total. The number of carbonyl (C=O) groups is 2. The molecule has 0 heterocycles. The first-order chi connectivity index (χ1) is 12.6. The minimum Gasteiger partial charge on any atom is -0.354 e. The van der Waals surface area contributed by atoms with Gasteiger partial charge in [-0.25, -0.2) is 4.39 Å². The van der Waals surface area contributed by atoms with Crippen molar-refractivity contribution in [2.75, 3.05) is 13.1 Å². The lowest BCUT2D eigenvalue weighted by molar-refractivity contribution is -0.130. The molecule has 4 nitrogen and oxygen atoms in total. The average molecular weight is 354 g/mol. The summed E-state index contributed by atoms with van der Waals surface area (Å²) in [6.45, 7) is 0.763. The molecule has 1 saturated carbocycles. The van der Waals surface area contributed by atoms with Crippen molar-refractivity contribution in [2.45, 2.75) is 31.1 Å².